The van der Waals surface area contributed by atoms with E-state index in [4.69, 9.17) is 0 Å². The topological polar surface area (TPSA) is 61.4 Å². The van der Waals surface area contributed by atoms with Crippen LogP contribution in [0.3, 0.4) is 0 Å². The number of amides is 1. The molecule has 0 saturated heterocycles. The van der Waals surface area contributed by atoms with Crippen molar-refractivity contribution in [3.8, 4) is 12.8 Å². The van der Waals surface area contributed by atoms with Crippen LogP contribution in [0.25, 0.3) is 0 Å². The van der Waals surface area contributed by atoms with E-state index in [0.717, 1.165) is 48.9 Å². The summed E-state index contributed by atoms with van der Waals surface area (Å²) in [5.74, 6) is -0.257. The summed E-state index contributed by atoms with van der Waals surface area (Å²) in [6, 6.07) is 7.29. The van der Waals surface area contributed by atoms with E-state index in [1.807, 2.05) is 0 Å². The van der Waals surface area contributed by atoms with Crippen molar-refractivity contribution in [3.63, 3.8) is 0 Å². The number of unbranched alkanes of at least 4 members (excludes halogenated alkanes) is 1. The number of aliphatic hydroxyl groups is 1. The Morgan fingerprint density at radius 2 is 1.77 bits per heavy atom. The fourth-order valence-electron chi connectivity index (χ4n) is 4.19. The largest absolute Gasteiger partial charge is 0.416 e. The molecule has 1 aliphatic rings. The van der Waals surface area contributed by atoms with Crippen LogP contribution in [0.1, 0.15) is 55.7 Å². The molecule has 0 bridgehead atoms. The normalized spacial score (nSPS) is 15.5. The van der Waals surface area contributed by atoms with Gasteiger partial charge < -0.3 is 15.7 Å². The van der Waals surface area contributed by atoms with Crippen molar-refractivity contribution in [2.45, 2.75) is 69.3 Å². The van der Waals surface area contributed by atoms with Crippen LogP contribution in [-0.4, -0.2) is 41.2 Å². The number of carbonyl (C=O) groups is 1. The highest BCUT2D eigenvalue weighted by atomic mass is 32.2. The first kappa shape index (κ1) is 32.6. The Bertz CT molecular complexity index is 1070. The van der Waals surface area contributed by atoms with Crippen molar-refractivity contribution < 1.29 is 31.9 Å². The van der Waals surface area contributed by atoms with Gasteiger partial charge in [0.1, 0.15) is 11.6 Å². The van der Waals surface area contributed by atoms with E-state index in [-0.39, 0.29) is 30.9 Å². The number of terminal acetylenes is 1. The van der Waals surface area contributed by atoms with Gasteiger partial charge in [0.15, 0.2) is 0 Å². The third-order valence-corrected chi connectivity index (χ3v) is 7.52. The van der Waals surface area contributed by atoms with Crippen LogP contribution in [0.15, 0.2) is 42.5 Å². The van der Waals surface area contributed by atoms with Gasteiger partial charge in [-0.25, -0.2) is 8.78 Å². The number of alkyl halides is 3. The van der Waals surface area contributed by atoms with Gasteiger partial charge in [0.25, 0.3) is 0 Å². The van der Waals surface area contributed by atoms with Crippen molar-refractivity contribution >= 4 is 17.7 Å². The van der Waals surface area contributed by atoms with Gasteiger partial charge in [0.2, 0.25) is 5.91 Å². The zero-order valence-electron chi connectivity index (χ0n) is 21.9. The van der Waals surface area contributed by atoms with Crippen molar-refractivity contribution in [1.29, 1.82) is 0 Å². The van der Waals surface area contributed by atoms with Gasteiger partial charge in [-0.3, -0.25) is 4.79 Å². The second-order valence-electron chi connectivity index (χ2n) is 9.48. The molecular formula is C29H35F5N2O2S. The van der Waals surface area contributed by atoms with Gasteiger partial charge in [-0.05, 0) is 66.8 Å². The van der Waals surface area contributed by atoms with Gasteiger partial charge >= 0.3 is 6.18 Å². The first-order chi connectivity index (χ1) is 18.5. The Labute approximate surface area is 231 Å². The molecule has 1 aliphatic carbocycles. The molecule has 0 heterocycles. The maximum absolute atomic E-state index is 13.7. The molecule has 0 spiro atoms. The van der Waals surface area contributed by atoms with E-state index >= 15 is 0 Å². The summed E-state index contributed by atoms with van der Waals surface area (Å²) in [5.41, 5.74) is -0.684. The average Bonchev–Trinajstić information content (AvgIpc) is 3.68. The standard InChI is InChI=1S/C27H33F5N2O2S.C2H2/c1-2-3-10-37-11-7-25(36)34-23(14-18-12-21(28)16-22(29)13-18)24(35)17-33-26(8-9-26)19-5-4-6-20(15-19)27(30,31)32;1-2/h4-6,12-13,15-16,23-24,33,35H,2-3,7-11,14,17H2,1H3,(H,34,36);1-2H. The van der Waals surface area contributed by atoms with Crippen LogP contribution in [0.4, 0.5) is 22.0 Å². The van der Waals surface area contributed by atoms with Gasteiger partial charge in [0.05, 0.1) is 17.7 Å². The summed E-state index contributed by atoms with van der Waals surface area (Å²) in [5, 5.41) is 16.9. The molecule has 2 atom stereocenters. The van der Waals surface area contributed by atoms with Crippen molar-refractivity contribution in [1.82, 2.24) is 10.6 Å². The number of carbonyl (C=O) groups excluding carboxylic acids is 1. The average molecular weight is 571 g/mol. The first-order valence-corrected chi connectivity index (χ1v) is 13.9. The van der Waals surface area contributed by atoms with Crippen molar-refractivity contribution in [2.75, 3.05) is 18.1 Å². The summed E-state index contributed by atoms with van der Waals surface area (Å²) in [7, 11) is 0. The van der Waals surface area contributed by atoms with Crippen LogP contribution < -0.4 is 10.6 Å². The fraction of sp³-hybridized carbons (Fsp3) is 0.483. The molecule has 0 radical (unpaired) electrons. The van der Waals surface area contributed by atoms with E-state index in [2.05, 4.69) is 30.4 Å². The summed E-state index contributed by atoms with van der Waals surface area (Å²) in [4.78, 5) is 12.6. The molecule has 1 fully saturated rings. The minimum Gasteiger partial charge on any atom is -0.390 e. The molecule has 214 valence electrons. The molecule has 2 aromatic carbocycles. The number of rotatable bonds is 14. The van der Waals surface area contributed by atoms with E-state index in [0.29, 0.717) is 24.2 Å². The lowest BCUT2D eigenvalue weighted by Crippen LogP contribution is -2.50. The number of thioether (sulfide) groups is 1. The molecule has 2 aromatic rings. The third kappa shape index (κ3) is 10.5. The SMILES string of the molecule is C#C.CCCCSCCC(=O)NC(Cc1cc(F)cc(F)c1)C(O)CNC1(c2cccc(C(F)(F)F)c2)CC1. The number of halogens is 5. The van der Waals surface area contributed by atoms with Crippen molar-refractivity contribution in [3.05, 3.63) is 70.8 Å². The lowest BCUT2D eigenvalue weighted by Gasteiger charge is -2.27. The smallest absolute Gasteiger partial charge is 0.390 e. The Morgan fingerprint density at radius 3 is 2.36 bits per heavy atom. The highest BCUT2D eigenvalue weighted by Crippen LogP contribution is 2.46. The first-order valence-electron chi connectivity index (χ1n) is 12.8. The van der Waals surface area contributed by atoms with Crippen LogP contribution in [-0.2, 0) is 22.9 Å². The second kappa shape index (κ2) is 15.2. The molecule has 1 amide bonds. The summed E-state index contributed by atoms with van der Waals surface area (Å²) < 4.78 is 67.0. The quantitative estimate of drug-likeness (QED) is 0.152. The monoisotopic (exact) mass is 570 g/mol. The number of aliphatic hydroxyl groups excluding tert-OH is 1. The second-order valence-corrected chi connectivity index (χ2v) is 10.7. The lowest BCUT2D eigenvalue weighted by molar-refractivity contribution is -0.137. The van der Waals surface area contributed by atoms with Crippen LogP contribution in [0.2, 0.25) is 0 Å². The molecular weight excluding hydrogens is 535 g/mol. The predicted molar refractivity (Wildman–Crippen MR) is 145 cm³/mol. The number of hydrogen-bond acceptors (Lipinski definition) is 4. The Kier molecular flexibility index (Phi) is 12.7. The zero-order chi connectivity index (χ0) is 29.1. The molecule has 0 aliphatic heterocycles. The molecule has 39 heavy (non-hydrogen) atoms. The Hall–Kier alpha value is -2.61. The summed E-state index contributed by atoms with van der Waals surface area (Å²) >= 11 is 1.66. The van der Waals surface area contributed by atoms with E-state index in [1.165, 1.54) is 6.07 Å². The number of nitrogens with one attached hydrogen (secondary N) is 2. The van der Waals surface area contributed by atoms with Gasteiger partial charge in [-0.15, -0.1) is 12.8 Å². The summed E-state index contributed by atoms with van der Waals surface area (Å²) in [6.07, 6.45) is 5.93. The molecule has 0 aromatic heterocycles. The Balaban J connectivity index is 0.00000260. The van der Waals surface area contributed by atoms with Gasteiger partial charge in [-0.1, -0.05) is 25.5 Å². The lowest BCUT2D eigenvalue weighted by atomic mass is 9.98. The maximum atomic E-state index is 13.7. The minimum absolute atomic E-state index is 0.0111. The fourth-order valence-corrected chi connectivity index (χ4v) is 5.21. The maximum Gasteiger partial charge on any atom is 0.416 e. The van der Waals surface area contributed by atoms with E-state index in [9.17, 15) is 31.9 Å². The summed E-state index contributed by atoms with van der Waals surface area (Å²) in [6.45, 7) is 2.06. The minimum atomic E-state index is -4.46. The molecule has 10 heteroatoms. The zero-order valence-corrected chi connectivity index (χ0v) is 22.7. The van der Waals surface area contributed by atoms with Gasteiger partial charge in [0, 0.05) is 30.3 Å². The van der Waals surface area contributed by atoms with Crippen LogP contribution in [0.5, 0.6) is 0 Å². The van der Waals surface area contributed by atoms with E-state index < -0.39 is 41.1 Å². The highest BCUT2D eigenvalue weighted by Gasteiger charge is 2.45. The molecule has 3 rings (SSSR count). The molecule has 2 unspecified atom stereocenters. The van der Waals surface area contributed by atoms with Crippen LogP contribution in [0, 0.1) is 24.5 Å². The predicted octanol–water partition coefficient (Wildman–Crippen LogP) is 5.82. The molecule has 4 nitrogen and oxygen atoms in total. The highest BCUT2D eigenvalue weighted by molar-refractivity contribution is 7.99. The Morgan fingerprint density at radius 1 is 1.10 bits per heavy atom. The van der Waals surface area contributed by atoms with Crippen molar-refractivity contribution in [2.24, 2.45) is 0 Å². The molecule has 3 N–H and O–H groups in total. The number of hydrogen-bond donors (Lipinski definition) is 3. The molecule has 1 saturated carbocycles. The third-order valence-electron chi connectivity index (χ3n) is 6.45. The number of benzene rings is 2. The van der Waals surface area contributed by atoms with E-state index in [1.54, 1.807) is 17.8 Å². The van der Waals surface area contributed by atoms with Crippen LogP contribution >= 0.6 is 11.8 Å². The van der Waals surface area contributed by atoms with Gasteiger partial charge in [-0.2, -0.15) is 24.9 Å².